The average Bonchev–Trinajstić information content (AvgIpc) is 2.27. The molecule has 88 valence electrons. The molecule has 1 fully saturated rings. The molecule has 2 N–H and O–H groups in total. The van der Waals surface area contributed by atoms with Gasteiger partial charge in [0.25, 0.3) is 0 Å². The first-order valence-corrected chi connectivity index (χ1v) is 5.84. The predicted molar refractivity (Wildman–Crippen MR) is 59.7 cm³/mol. The van der Waals surface area contributed by atoms with Crippen molar-refractivity contribution in [3.8, 4) is 0 Å². The van der Waals surface area contributed by atoms with Gasteiger partial charge in [0.1, 0.15) is 0 Å². The van der Waals surface area contributed by atoms with Crippen molar-refractivity contribution in [1.82, 2.24) is 10.2 Å². The van der Waals surface area contributed by atoms with Crippen molar-refractivity contribution in [3.63, 3.8) is 0 Å². The fraction of sp³-hybridized carbons (Fsp3) is 0.909. The molecule has 15 heavy (non-hydrogen) atoms. The van der Waals surface area contributed by atoms with E-state index in [-0.39, 0.29) is 12.6 Å². The summed E-state index contributed by atoms with van der Waals surface area (Å²) >= 11 is 0. The van der Waals surface area contributed by atoms with Gasteiger partial charge in [-0.05, 0) is 18.8 Å². The minimum atomic E-state index is -0.0744. The topological polar surface area (TPSA) is 52.6 Å². The number of carbonyl (C=O) groups is 1. The first-order valence-electron chi connectivity index (χ1n) is 5.84. The van der Waals surface area contributed by atoms with Crippen LogP contribution in [0.5, 0.6) is 0 Å². The first-order chi connectivity index (χ1) is 7.24. The van der Waals surface area contributed by atoms with Gasteiger partial charge in [0.2, 0.25) is 0 Å². The van der Waals surface area contributed by atoms with Crippen molar-refractivity contribution < 1.29 is 9.90 Å². The van der Waals surface area contributed by atoms with Crippen molar-refractivity contribution in [3.05, 3.63) is 0 Å². The zero-order valence-corrected chi connectivity index (χ0v) is 9.54. The third kappa shape index (κ3) is 4.51. The Labute approximate surface area is 91.6 Å². The van der Waals surface area contributed by atoms with E-state index in [9.17, 15) is 4.79 Å². The number of likely N-dealkylation sites (N-methyl/N-ethyl adjacent to an activating group) is 1. The highest BCUT2D eigenvalue weighted by molar-refractivity contribution is 5.73. The summed E-state index contributed by atoms with van der Waals surface area (Å²) < 4.78 is 0. The standard InChI is InChI=1S/C11H22N2O2/c1-13(7-8-14)11(15)12-9-10-5-3-2-4-6-10/h10,14H,2-9H2,1H3,(H,12,15). The molecule has 2 amide bonds. The monoisotopic (exact) mass is 214 g/mol. The minimum absolute atomic E-state index is 0.0212. The van der Waals surface area contributed by atoms with E-state index in [0.29, 0.717) is 12.5 Å². The predicted octanol–water partition coefficient (Wildman–Crippen LogP) is 1.20. The van der Waals surface area contributed by atoms with Crippen LogP contribution in [0.4, 0.5) is 4.79 Å². The molecule has 0 aromatic rings. The van der Waals surface area contributed by atoms with Crippen LogP contribution in [0.15, 0.2) is 0 Å². The largest absolute Gasteiger partial charge is 0.395 e. The first kappa shape index (κ1) is 12.3. The Hall–Kier alpha value is -0.770. The normalized spacial score (nSPS) is 17.5. The molecule has 4 heteroatoms. The summed E-state index contributed by atoms with van der Waals surface area (Å²) in [7, 11) is 1.70. The molecule has 1 saturated carbocycles. The molecular formula is C11H22N2O2. The Morgan fingerprint density at radius 1 is 1.40 bits per heavy atom. The van der Waals surface area contributed by atoms with Gasteiger partial charge in [0.05, 0.1) is 6.61 Å². The lowest BCUT2D eigenvalue weighted by Crippen LogP contribution is -2.41. The third-order valence-corrected chi connectivity index (χ3v) is 3.05. The summed E-state index contributed by atoms with van der Waals surface area (Å²) in [6.07, 6.45) is 6.42. The number of aliphatic hydroxyl groups excluding tert-OH is 1. The number of aliphatic hydroxyl groups is 1. The summed E-state index contributed by atoms with van der Waals surface area (Å²) in [6, 6.07) is -0.0744. The molecule has 0 heterocycles. The van der Waals surface area contributed by atoms with Crippen molar-refractivity contribution in [2.75, 3.05) is 26.7 Å². The van der Waals surface area contributed by atoms with Gasteiger partial charge in [-0.25, -0.2) is 4.79 Å². The van der Waals surface area contributed by atoms with Gasteiger partial charge in [-0.3, -0.25) is 0 Å². The second kappa shape index (κ2) is 6.67. The van der Waals surface area contributed by atoms with Crippen LogP contribution >= 0.6 is 0 Å². The number of hydrogen-bond acceptors (Lipinski definition) is 2. The zero-order chi connectivity index (χ0) is 11.1. The number of amides is 2. The summed E-state index contributed by atoms with van der Waals surface area (Å²) in [5.41, 5.74) is 0. The molecule has 0 saturated heterocycles. The van der Waals surface area contributed by atoms with Crippen molar-refractivity contribution in [1.29, 1.82) is 0 Å². The van der Waals surface area contributed by atoms with Gasteiger partial charge in [-0.1, -0.05) is 19.3 Å². The molecule has 0 aliphatic heterocycles. The maximum atomic E-state index is 11.5. The van der Waals surface area contributed by atoms with E-state index < -0.39 is 0 Å². The van der Waals surface area contributed by atoms with Crippen molar-refractivity contribution in [2.45, 2.75) is 32.1 Å². The number of urea groups is 1. The molecule has 0 radical (unpaired) electrons. The molecule has 1 rings (SSSR count). The summed E-state index contributed by atoms with van der Waals surface area (Å²) in [5.74, 6) is 0.658. The average molecular weight is 214 g/mol. The second-order valence-corrected chi connectivity index (χ2v) is 4.34. The van der Waals surface area contributed by atoms with Crippen LogP contribution in [0.25, 0.3) is 0 Å². The lowest BCUT2D eigenvalue weighted by Gasteiger charge is -2.23. The summed E-state index contributed by atoms with van der Waals surface area (Å²) in [6.45, 7) is 1.21. The van der Waals surface area contributed by atoms with E-state index in [1.54, 1.807) is 7.05 Å². The fourth-order valence-corrected chi connectivity index (χ4v) is 2.01. The highest BCUT2D eigenvalue weighted by Crippen LogP contribution is 2.22. The maximum absolute atomic E-state index is 11.5. The van der Waals surface area contributed by atoms with Crippen LogP contribution in [-0.4, -0.2) is 42.8 Å². The molecule has 0 atom stereocenters. The zero-order valence-electron chi connectivity index (χ0n) is 9.54. The Balaban J connectivity index is 2.14. The van der Waals surface area contributed by atoms with Crippen LogP contribution in [0.2, 0.25) is 0 Å². The Morgan fingerprint density at radius 3 is 2.67 bits per heavy atom. The van der Waals surface area contributed by atoms with Gasteiger partial charge in [-0.2, -0.15) is 0 Å². The highest BCUT2D eigenvalue weighted by atomic mass is 16.3. The molecule has 1 aliphatic carbocycles. The van der Waals surface area contributed by atoms with Crippen LogP contribution in [0.1, 0.15) is 32.1 Å². The fourth-order valence-electron chi connectivity index (χ4n) is 2.01. The number of nitrogens with one attached hydrogen (secondary N) is 1. The number of carbonyl (C=O) groups excluding carboxylic acids is 1. The quantitative estimate of drug-likeness (QED) is 0.739. The Bertz CT molecular complexity index is 191. The van der Waals surface area contributed by atoms with Gasteiger partial charge >= 0.3 is 6.03 Å². The van der Waals surface area contributed by atoms with E-state index in [1.807, 2.05) is 0 Å². The third-order valence-electron chi connectivity index (χ3n) is 3.05. The SMILES string of the molecule is CN(CCO)C(=O)NCC1CCCCC1. The molecule has 1 aliphatic rings. The lowest BCUT2D eigenvalue weighted by molar-refractivity contribution is 0.187. The lowest BCUT2D eigenvalue weighted by atomic mass is 9.89. The van der Waals surface area contributed by atoms with Crippen molar-refractivity contribution >= 4 is 6.03 Å². The molecule has 0 spiro atoms. The minimum Gasteiger partial charge on any atom is -0.395 e. The maximum Gasteiger partial charge on any atom is 0.317 e. The van der Waals surface area contributed by atoms with Crippen LogP contribution in [0, 0.1) is 5.92 Å². The molecule has 4 nitrogen and oxygen atoms in total. The molecular weight excluding hydrogens is 192 g/mol. The number of nitrogens with zero attached hydrogens (tertiary/aromatic N) is 1. The van der Waals surface area contributed by atoms with E-state index in [1.165, 1.54) is 37.0 Å². The smallest absolute Gasteiger partial charge is 0.317 e. The number of hydrogen-bond donors (Lipinski definition) is 2. The molecule has 0 unspecified atom stereocenters. The van der Waals surface area contributed by atoms with E-state index in [4.69, 9.17) is 5.11 Å². The van der Waals surface area contributed by atoms with Crippen molar-refractivity contribution in [2.24, 2.45) is 5.92 Å². The van der Waals surface area contributed by atoms with Gasteiger partial charge in [0.15, 0.2) is 0 Å². The molecule has 0 bridgehead atoms. The summed E-state index contributed by atoms with van der Waals surface area (Å²) in [5, 5.41) is 11.6. The second-order valence-electron chi connectivity index (χ2n) is 4.34. The Morgan fingerprint density at radius 2 is 2.07 bits per heavy atom. The Kier molecular flexibility index (Phi) is 5.47. The van der Waals surface area contributed by atoms with E-state index in [0.717, 1.165) is 6.54 Å². The van der Waals surface area contributed by atoms with E-state index in [2.05, 4.69) is 5.32 Å². The van der Waals surface area contributed by atoms with Crippen LogP contribution in [-0.2, 0) is 0 Å². The molecule has 0 aromatic heterocycles. The highest BCUT2D eigenvalue weighted by Gasteiger charge is 2.15. The van der Waals surface area contributed by atoms with Crippen LogP contribution < -0.4 is 5.32 Å². The van der Waals surface area contributed by atoms with Gasteiger partial charge in [-0.15, -0.1) is 0 Å². The van der Waals surface area contributed by atoms with Gasteiger partial charge in [0, 0.05) is 20.1 Å². The number of rotatable bonds is 4. The van der Waals surface area contributed by atoms with E-state index >= 15 is 0 Å². The van der Waals surface area contributed by atoms with Crippen LogP contribution in [0.3, 0.4) is 0 Å². The van der Waals surface area contributed by atoms with Gasteiger partial charge < -0.3 is 15.3 Å². The molecule has 0 aromatic carbocycles. The summed E-state index contributed by atoms with van der Waals surface area (Å²) in [4.78, 5) is 13.0.